The molecule has 14 heavy (non-hydrogen) atoms. The van der Waals surface area contributed by atoms with Gasteiger partial charge in [0.25, 0.3) is 10.1 Å². The van der Waals surface area contributed by atoms with E-state index in [2.05, 4.69) is 16.8 Å². The zero-order chi connectivity index (χ0) is 10.7. The van der Waals surface area contributed by atoms with Crippen molar-refractivity contribution in [3.63, 3.8) is 0 Å². The Labute approximate surface area is 108 Å². The quantitative estimate of drug-likeness (QED) is 0.315. The molecule has 0 radical (unpaired) electrons. The molecule has 7 heteroatoms. The van der Waals surface area contributed by atoms with E-state index in [0.717, 1.165) is 6.08 Å². The van der Waals surface area contributed by atoms with Crippen LogP contribution in [0.3, 0.4) is 0 Å². The molecule has 2 N–H and O–H groups in total. The van der Waals surface area contributed by atoms with E-state index in [1.807, 2.05) is 0 Å². The summed E-state index contributed by atoms with van der Waals surface area (Å²) in [5.74, 6) is 4.21. The fourth-order valence-electron chi connectivity index (χ4n) is 0.710. The number of hydrogen-bond acceptors (Lipinski definition) is 5. The van der Waals surface area contributed by atoms with Gasteiger partial charge in [-0.2, -0.15) is 18.6 Å². The van der Waals surface area contributed by atoms with Gasteiger partial charge < -0.3 is 1.43 Å². The van der Waals surface area contributed by atoms with Gasteiger partial charge in [0, 0.05) is 6.42 Å². The summed E-state index contributed by atoms with van der Waals surface area (Å²) in [6.07, 6.45) is 0.865. The van der Waals surface area contributed by atoms with Crippen LogP contribution in [0.5, 0.6) is 0 Å². The third-order valence-electron chi connectivity index (χ3n) is 1.63. The van der Waals surface area contributed by atoms with Gasteiger partial charge in [0.2, 0.25) is 0 Å². The first-order chi connectivity index (χ1) is 5.77. The van der Waals surface area contributed by atoms with Gasteiger partial charge in [0.05, 0.1) is 0 Å². The SMILES string of the molecule is C=CC(=O)CC(C)(C)S(=O)(=O)ON.[H-].[Na+]. The Kier molecular flexibility index (Phi) is 7.15. The maximum Gasteiger partial charge on any atom is 1.00 e. The van der Waals surface area contributed by atoms with Crippen molar-refractivity contribution in [1.82, 2.24) is 0 Å². The largest absolute Gasteiger partial charge is 1.00 e. The van der Waals surface area contributed by atoms with Gasteiger partial charge in [-0.3, -0.25) is 4.79 Å². The summed E-state index contributed by atoms with van der Waals surface area (Å²) in [6.45, 7) is 5.95. The average Bonchev–Trinajstić information content (AvgIpc) is 2.03. The molecule has 0 aliphatic carbocycles. The molecule has 0 bridgehead atoms. The molecule has 0 aliphatic rings. The smallest absolute Gasteiger partial charge is 1.00 e. The second-order valence-corrected chi connectivity index (χ2v) is 5.36. The van der Waals surface area contributed by atoms with Crippen molar-refractivity contribution < 1.29 is 48.5 Å². The number of ketones is 1. The second-order valence-electron chi connectivity index (χ2n) is 3.16. The monoisotopic (exact) mass is 231 g/mol. The van der Waals surface area contributed by atoms with Crippen molar-refractivity contribution in [3.8, 4) is 0 Å². The molecule has 78 valence electrons. The van der Waals surface area contributed by atoms with Crippen LogP contribution in [0, 0.1) is 0 Å². The average molecular weight is 231 g/mol. The third kappa shape index (κ3) is 4.20. The molecule has 0 aromatic rings. The van der Waals surface area contributed by atoms with Crippen LogP contribution in [0.25, 0.3) is 0 Å². The van der Waals surface area contributed by atoms with Gasteiger partial charge in [-0.1, -0.05) is 6.58 Å². The molecular weight excluding hydrogens is 217 g/mol. The van der Waals surface area contributed by atoms with Crippen molar-refractivity contribution in [2.24, 2.45) is 5.90 Å². The normalized spacial score (nSPS) is 11.6. The maximum absolute atomic E-state index is 11.1. The molecule has 0 fully saturated rings. The Bertz CT molecular complexity index is 315. The minimum absolute atomic E-state index is 0. The van der Waals surface area contributed by atoms with Crippen molar-refractivity contribution >= 4 is 15.9 Å². The van der Waals surface area contributed by atoms with Crippen molar-refractivity contribution in [2.45, 2.75) is 25.0 Å². The van der Waals surface area contributed by atoms with Crippen LogP contribution in [0.15, 0.2) is 12.7 Å². The van der Waals surface area contributed by atoms with Crippen LogP contribution in [0.2, 0.25) is 0 Å². The van der Waals surface area contributed by atoms with Crippen LogP contribution in [-0.4, -0.2) is 18.9 Å². The second kappa shape index (κ2) is 5.99. The number of hydrogen-bond donors (Lipinski definition) is 1. The fourth-order valence-corrected chi connectivity index (χ4v) is 1.29. The van der Waals surface area contributed by atoms with E-state index in [1.165, 1.54) is 13.8 Å². The number of allylic oxidation sites excluding steroid dienone is 1. The summed E-state index contributed by atoms with van der Waals surface area (Å²) in [5, 5.41) is 0. The molecule has 0 aromatic heterocycles. The number of carbonyl (C=O) groups is 1. The number of carbonyl (C=O) groups excluding carboxylic acids is 1. The minimum Gasteiger partial charge on any atom is -1.00 e. The van der Waals surface area contributed by atoms with E-state index in [4.69, 9.17) is 0 Å². The van der Waals surface area contributed by atoms with Crippen LogP contribution >= 0.6 is 0 Å². The molecule has 0 aromatic carbocycles. The number of rotatable bonds is 5. The van der Waals surface area contributed by atoms with Gasteiger partial charge in [-0.05, 0) is 19.9 Å². The molecule has 0 atom stereocenters. The fraction of sp³-hybridized carbons (Fsp3) is 0.571. The summed E-state index contributed by atoms with van der Waals surface area (Å²) < 4.78 is 24.8. The summed E-state index contributed by atoms with van der Waals surface area (Å²) in [4.78, 5) is 10.9. The molecule has 0 spiro atoms. The van der Waals surface area contributed by atoms with Crippen LogP contribution in [0.1, 0.15) is 21.7 Å². The zero-order valence-electron chi connectivity index (χ0n) is 9.61. The van der Waals surface area contributed by atoms with E-state index >= 15 is 0 Å². The molecule has 0 amide bonds. The van der Waals surface area contributed by atoms with E-state index in [1.54, 1.807) is 0 Å². The molecule has 0 heterocycles. The van der Waals surface area contributed by atoms with E-state index < -0.39 is 14.9 Å². The number of nitrogens with two attached hydrogens (primary N) is 1. The van der Waals surface area contributed by atoms with Gasteiger partial charge in [0.15, 0.2) is 5.78 Å². The van der Waals surface area contributed by atoms with Crippen molar-refractivity contribution in [2.75, 3.05) is 0 Å². The Morgan fingerprint density at radius 2 is 2.07 bits per heavy atom. The summed E-state index contributed by atoms with van der Waals surface area (Å²) >= 11 is 0. The first-order valence-electron chi connectivity index (χ1n) is 3.55. The van der Waals surface area contributed by atoms with Crippen LogP contribution in [0.4, 0.5) is 0 Å². The van der Waals surface area contributed by atoms with Gasteiger partial charge in [-0.25, -0.2) is 0 Å². The predicted octanol–water partition coefficient (Wildman–Crippen LogP) is -2.75. The maximum atomic E-state index is 11.1. The molecule has 0 saturated carbocycles. The van der Waals surface area contributed by atoms with Crippen LogP contribution in [-0.2, 0) is 19.2 Å². The summed E-state index contributed by atoms with van der Waals surface area (Å²) in [7, 11) is -3.89. The van der Waals surface area contributed by atoms with Crippen molar-refractivity contribution in [1.29, 1.82) is 0 Å². The Balaban J connectivity index is -0.000000720. The van der Waals surface area contributed by atoms with Gasteiger partial charge in [-0.15, -0.1) is 0 Å². The standard InChI is InChI=1S/C7H13NO4S.Na.H/c1-4-6(9)5-7(2,3)13(10,11)12-8;;/h4H,1,5,8H2,2-3H3;;/q;+1;-1. The van der Waals surface area contributed by atoms with E-state index in [-0.39, 0.29) is 43.2 Å². The van der Waals surface area contributed by atoms with E-state index in [0.29, 0.717) is 0 Å². The minimum atomic E-state index is -3.89. The van der Waals surface area contributed by atoms with Crippen molar-refractivity contribution in [3.05, 3.63) is 12.7 Å². The zero-order valence-corrected chi connectivity index (χ0v) is 11.4. The summed E-state index contributed by atoms with van der Waals surface area (Å²) in [5.41, 5.74) is 0. The molecule has 0 rings (SSSR count). The van der Waals surface area contributed by atoms with E-state index in [9.17, 15) is 13.2 Å². The molecular formula is C7H14NNaO4S. The van der Waals surface area contributed by atoms with Crippen LogP contribution < -0.4 is 35.5 Å². The third-order valence-corrected chi connectivity index (χ3v) is 3.38. The Morgan fingerprint density at radius 1 is 1.64 bits per heavy atom. The Hall–Kier alpha value is 0.280. The molecule has 0 unspecified atom stereocenters. The van der Waals surface area contributed by atoms with Gasteiger partial charge in [0.1, 0.15) is 4.75 Å². The Morgan fingerprint density at radius 3 is 2.36 bits per heavy atom. The molecule has 5 nitrogen and oxygen atoms in total. The first-order valence-corrected chi connectivity index (χ1v) is 4.96. The summed E-state index contributed by atoms with van der Waals surface area (Å²) in [6, 6.07) is 0. The van der Waals surface area contributed by atoms with Gasteiger partial charge >= 0.3 is 29.6 Å². The molecule has 0 saturated heterocycles. The molecule has 0 aliphatic heterocycles. The predicted molar refractivity (Wildman–Crippen MR) is 49.2 cm³/mol. The topological polar surface area (TPSA) is 86.5 Å². The first kappa shape index (κ1) is 16.7.